The maximum absolute atomic E-state index is 10.4. The number of ether oxygens (including phenoxy) is 3. The number of fused-ring (bicyclic) bond motifs is 1. The van der Waals surface area contributed by atoms with E-state index >= 15 is 0 Å². The number of para-hydroxylation sites is 2. The van der Waals surface area contributed by atoms with Crippen LogP contribution in [-0.2, 0) is 11.3 Å². The lowest BCUT2D eigenvalue weighted by atomic mass is 10.1. The van der Waals surface area contributed by atoms with Crippen LogP contribution < -0.4 is 14.4 Å². The monoisotopic (exact) mass is 401 g/mol. The first kappa shape index (κ1) is 21.4. The minimum absolute atomic E-state index is 0.150. The van der Waals surface area contributed by atoms with E-state index in [1.165, 1.54) is 0 Å². The van der Waals surface area contributed by atoms with Crippen molar-refractivity contribution in [2.24, 2.45) is 0 Å². The molecule has 1 aliphatic heterocycles. The number of nitrogens with zero attached hydrogens (tertiary/aromatic N) is 1. The van der Waals surface area contributed by atoms with Gasteiger partial charge in [0.25, 0.3) is 0 Å². The third-order valence-corrected chi connectivity index (χ3v) is 5.11. The summed E-state index contributed by atoms with van der Waals surface area (Å²) >= 11 is 0. The third kappa shape index (κ3) is 6.35. The Hall–Kier alpha value is -2.28. The molecule has 2 atom stereocenters. The number of methoxy groups -OCH3 is 1. The molecule has 6 heteroatoms. The molecular weight excluding hydrogens is 370 g/mol. The summed E-state index contributed by atoms with van der Waals surface area (Å²) in [5.41, 5.74) is 2.11. The highest BCUT2D eigenvalue weighted by atomic mass is 16.5. The minimum atomic E-state index is -0.882. The van der Waals surface area contributed by atoms with Crippen molar-refractivity contribution in [3.63, 3.8) is 0 Å². The van der Waals surface area contributed by atoms with Crippen LogP contribution in [0.5, 0.6) is 11.5 Å². The number of benzene rings is 2. The molecule has 0 bridgehead atoms. The zero-order valence-corrected chi connectivity index (χ0v) is 17.0. The minimum Gasteiger partial charge on any atom is -0.497 e. The maximum Gasteiger partial charge on any atom is 0.142 e. The molecule has 2 N–H and O–H groups in total. The fraction of sp³-hybridized carbons (Fsp3) is 0.478. The third-order valence-electron chi connectivity index (χ3n) is 5.11. The molecule has 1 heterocycles. The molecule has 29 heavy (non-hydrogen) atoms. The van der Waals surface area contributed by atoms with E-state index in [0.29, 0.717) is 32.7 Å². The van der Waals surface area contributed by atoms with Crippen LogP contribution in [0.15, 0.2) is 48.5 Å². The molecule has 0 aliphatic carbocycles. The van der Waals surface area contributed by atoms with Gasteiger partial charge in [0.05, 0.1) is 32.1 Å². The van der Waals surface area contributed by atoms with Gasteiger partial charge in [0, 0.05) is 19.7 Å². The molecule has 158 valence electrons. The van der Waals surface area contributed by atoms with Crippen LogP contribution in [0.25, 0.3) is 0 Å². The Labute approximate surface area is 172 Å². The zero-order chi connectivity index (χ0) is 20.5. The highest BCUT2D eigenvalue weighted by Crippen LogP contribution is 2.30. The molecule has 0 saturated heterocycles. The Kier molecular flexibility index (Phi) is 8.16. The van der Waals surface area contributed by atoms with Crippen LogP contribution in [0.3, 0.4) is 0 Å². The van der Waals surface area contributed by atoms with Crippen molar-refractivity contribution >= 4 is 5.69 Å². The molecule has 0 radical (unpaired) electrons. The number of hydrogen-bond donors (Lipinski definition) is 2. The van der Waals surface area contributed by atoms with Crippen molar-refractivity contribution in [3.05, 3.63) is 54.1 Å². The quantitative estimate of drug-likeness (QED) is 0.824. The lowest BCUT2D eigenvalue weighted by Crippen LogP contribution is -2.35. The van der Waals surface area contributed by atoms with Gasteiger partial charge < -0.3 is 29.3 Å². The molecule has 2 aromatic rings. The summed E-state index contributed by atoms with van der Waals surface area (Å²) in [4.78, 5) is 2.18. The largest absolute Gasteiger partial charge is 0.497 e. The van der Waals surface area contributed by atoms with Gasteiger partial charge in [-0.15, -0.1) is 0 Å². The second-order valence-corrected chi connectivity index (χ2v) is 7.29. The molecule has 1 aliphatic rings. The molecule has 2 aromatic carbocycles. The van der Waals surface area contributed by atoms with Gasteiger partial charge in [-0.3, -0.25) is 0 Å². The summed E-state index contributed by atoms with van der Waals surface area (Å²) in [7, 11) is 1.65. The second kappa shape index (κ2) is 11.0. The van der Waals surface area contributed by atoms with E-state index in [0.717, 1.165) is 35.6 Å². The number of anilines is 1. The molecule has 0 saturated carbocycles. The fourth-order valence-electron chi connectivity index (χ4n) is 3.36. The Morgan fingerprint density at radius 3 is 2.55 bits per heavy atom. The fourth-order valence-corrected chi connectivity index (χ4v) is 3.36. The molecular formula is C23H31NO5. The van der Waals surface area contributed by atoms with Gasteiger partial charge >= 0.3 is 0 Å². The Morgan fingerprint density at radius 1 is 1.00 bits per heavy atom. The first-order valence-electron chi connectivity index (χ1n) is 10.2. The molecule has 0 unspecified atom stereocenters. The summed E-state index contributed by atoms with van der Waals surface area (Å²) in [6.45, 7) is 2.55. The molecule has 6 nitrogen and oxygen atoms in total. The summed E-state index contributed by atoms with van der Waals surface area (Å²) in [6, 6.07) is 15.9. The average molecular weight is 402 g/mol. The molecule has 0 spiro atoms. The number of rotatable bonds is 3. The van der Waals surface area contributed by atoms with Crippen LogP contribution in [-0.4, -0.2) is 55.9 Å². The van der Waals surface area contributed by atoms with Gasteiger partial charge in [0.15, 0.2) is 0 Å². The van der Waals surface area contributed by atoms with E-state index in [4.69, 9.17) is 14.2 Å². The van der Waals surface area contributed by atoms with Crippen molar-refractivity contribution in [1.82, 2.24) is 0 Å². The van der Waals surface area contributed by atoms with Crippen molar-refractivity contribution in [2.45, 2.75) is 38.0 Å². The second-order valence-electron chi connectivity index (χ2n) is 7.29. The maximum atomic E-state index is 10.4. The van der Waals surface area contributed by atoms with Gasteiger partial charge in [-0.05, 0) is 49.1 Å². The van der Waals surface area contributed by atoms with Crippen molar-refractivity contribution in [2.75, 3.05) is 38.4 Å². The Morgan fingerprint density at radius 2 is 1.76 bits per heavy atom. The van der Waals surface area contributed by atoms with Gasteiger partial charge in [-0.1, -0.05) is 24.3 Å². The van der Waals surface area contributed by atoms with Crippen LogP contribution in [0.1, 0.15) is 24.8 Å². The SMILES string of the molecule is COc1ccc(CN2CC[C@H](O)[C@H](O)COCCCCOc3ccccc32)cc1. The summed E-state index contributed by atoms with van der Waals surface area (Å²) < 4.78 is 16.8. The van der Waals surface area contributed by atoms with E-state index in [-0.39, 0.29) is 6.61 Å². The lowest BCUT2D eigenvalue weighted by molar-refractivity contribution is -0.0405. The van der Waals surface area contributed by atoms with Crippen molar-refractivity contribution < 1.29 is 24.4 Å². The molecule has 0 aromatic heterocycles. The highest BCUT2D eigenvalue weighted by Gasteiger charge is 2.20. The number of aliphatic hydroxyl groups is 2. The van der Waals surface area contributed by atoms with E-state index in [9.17, 15) is 10.2 Å². The predicted molar refractivity (Wildman–Crippen MR) is 113 cm³/mol. The van der Waals surface area contributed by atoms with Crippen LogP contribution >= 0.6 is 0 Å². The molecule has 0 fully saturated rings. The van der Waals surface area contributed by atoms with E-state index in [2.05, 4.69) is 4.90 Å². The van der Waals surface area contributed by atoms with E-state index < -0.39 is 12.2 Å². The standard InChI is InChI=1S/C23H31NO5/c1-27-19-10-8-18(9-11-19)16-24-13-12-21(25)22(26)17-28-14-4-5-15-29-23-7-3-2-6-20(23)24/h2-3,6-11,21-22,25-26H,4-5,12-17H2,1H3/t21-,22+/m0/s1. The Balaban J connectivity index is 1.83. The van der Waals surface area contributed by atoms with Gasteiger partial charge in [0.2, 0.25) is 0 Å². The normalized spacial score (nSPS) is 21.6. The average Bonchev–Trinajstić information content (AvgIpc) is 2.75. The van der Waals surface area contributed by atoms with Crippen molar-refractivity contribution in [1.29, 1.82) is 0 Å². The lowest BCUT2D eigenvalue weighted by Gasteiger charge is -2.29. The highest BCUT2D eigenvalue weighted by molar-refractivity contribution is 5.58. The first-order chi connectivity index (χ1) is 14.2. The summed E-state index contributed by atoms with van der Waals surface area (Å²) in [5.74, 6) is 1.64. The zero-order valence-electron chi connectivity index (χ0n) is 17.0. The summed E-state index contributed by atoms with van der Waals surface area (Å²) in [5, 5.41) is 20.6. The summed E-state index contributed by atoms with van der Waals surface area (Å²) in [6.07, 6.45) is 0.415. The van der Waals surface area contributed by atoms with Crippen molar-refractivity contribution in [3.8, 4) is 11.5 Å². The van der Waals surface area contributed by atoms with E-state index in [1.54, 1.807) is 7.11 Å². The topological polar surface area (TPSA) is 71.4 Å². The molecule has 3 rings (SSSR count). The molecule has 0 amide bonds. The Bertz CT molecular complexity index is 736. The van der Waals surface area contributed by atoms with Crippen LogP contribution in [0.2, 0.25) is 0 Å². The predicted octanol–water partition coefficient (Wildman–Crippen LogP) is 3.00. The van der Waals surface area contributed by atoms with Gasteiger partial charge in [-0.2, -0.15) is 0 Å². The van der Waals surface area contributed by atoms with E-state index in [1.807, 2.05) is 48.5 Å². The van der Waals surface area contributed by atoms with Crippen LogP contribution in [0, 0.1) is 0 Å². The van der Waals surface area contributed by atoms with Gasteiger partial charge in [-0.25, -0.2) is 0 Å². The smallest absolute Gasteiger partial charge is 0.142 e. The number of aliphatic hydroxyl groups excluding tert-OH is 2. The van der Waals surface area contributed by atoms with Gasteiger partial charge in [0.1, 0.15) is 17.6 Å². The number of hydrogen-bond acceptors (Lipinski definition) is 6. The van der Waals surface area contributed by atoms with Crippen LogP contribution in [0.4, 0.5) is 5.69 Å². The first-order valence-corrected chi connectivity index (χ1v) is 10.2.